The van der Waals surface area contributed by atoms with Gasteiger partial charge in [0.2, 0.25) is 0 Å². The summed E-state index contributed by atoms with van der Waals surface area (Å²) in [6, 6.07) is 8.55. The van der Waals surface area contributed by atoms with E-state index in [1.165, 1.54) is 16.9 Å². The Labute approximate surface area is 93.7 Å². The van der Waals surface area contributed by atoms with Crippen LogP contribution in [-0.2, 0) is 6.54 Å². The van der Waals surface area contributed by atoms with Gasteiger partial charge in [-0.2, -0.15) is 0 Å². The first-order chi connectivity index (χ1) is 7.45. The Morgan fingerprint density at radius 3 is 3.13 bits per heavy atom. The number of anilines is 1. The van der Waals surface area contributed by atoms with E-state index in [1.807, 2.05) is 0 Å². The van der Waals surface area contributed by atoms with Crippen LogP contribution < -0.4 is 10.2 Å². The molecule has 0 fully saturated rings. The molecule has 2 nitrogen and oxygen atoms in total. The number of benzene rings is 1. The highest BCUT2D eigenvalue weighted by molar-refractivity contribution is 8.05. The lowest BCUT2D eigenvalue weighted by molar-refractivity contribution is 0.752. The van der Waals surface area contributed by atoms with Gasteiger partial charge in [0.1, 0.15) is 0 Å². The fraction of sp³-hybridized carbons (Fsp3) is 0.167. The van der Waals surface area contributed by atoms with Crippen molar-refractivity contribution in [1.29, 1.82) is 0 Å². The minimum absolute atomic E-state index is 0.937. The van der Waals surface area contributed by atoms with Gasteiger partial charge >= 0.3 is 0 Å². The smallest absolute Gasteiger partial charge is 0.0498 e. The molecule has 0 spiro atoms. The minimum atomic E-state index is 0.937. The van der Waals surface area contributed by atoms with Crippen molar-refractivity contribution in [2.45, 2.75) is 6.54 Å². The lowest BCUT2D eigenvalue weighted by Gasteiger charge is -2.24. The number of hydrogen-bond acceptors (Lipinski definition) is 3. The molecule has 0 saturated carbocycles. The monoisotopic (exact) mass is 216 g/mol. The predicted octanol–water partition coefficient (Wildman–Crippen LogP) is 2.66. The van der Waals surface area contributed by atoms with Gasteiger partial charge in [-0.3, -0.25) is 0 Å². The highest BCUT2D eigenvalue weighted by Crippen LogP contribution is 2.30. The zero-order chi connectivity index (χ0) is 10.1. The predicted molar refractivity (Wildman–Crippen MR) is 65.4 cm³/mol. The largest absolute Gasteiger partial charge is 0.318 e. The van der Waals surface area contributed by atoms with Crippen LogP contribution in [0.3, 0.4) is 0 Å². The Morgan fingerprint density at radius 1 is 1.20 bits per heavy atom. The van der Waals surface area contributed by atoms with Crippen LogP contribution >= 0.6 is 11.8 Å². The first-order valence-corrected chi connectivity index (χ1v) is 5.98. The normalized spacial score (nSPS) is 18.9. The SMILES string of the molecule is C1=CN2C(=CS1)CNCc1ccccc12. The number of para-hydroxylation sites is 1. The van der Waals surface area contributed by atoms with Crippen molar-refractivity contribution in [2.24, 2.45) is 0 Å². The molecule has 1 N–H and O–H groups in total. The molecule has 1 aromatic rings. The third kappa shape index (κ3) is 1.58. The second kappa shape index (κ2) is 3.76. The van der Waals surface area contributed by atoms with Crippen LogP contribution in [0.4, 0.5) is 5.69 Å². The van der Waals surface area contributed by atoms with Crippen molar-refractivity contribution >= 4 is 17.4 Å². The van der Waals surface area contributed by atoms with E-state index < -0.39 is 0 Å². The molecule has 2 aliphatic heterocycles. The molecule has 0 bridgehead atoms. The number of rotatable bonds is 0. The van der Waals surface area contributed by atoms with E-state index in [2.05, 4.69) is 51.5 Å². The Kier molecular flexibility index (Phi) is 2.27. The van der Waals surface area contributed by atoms with Crippen LogP contribution in [-0.4, -0.2) is 6.54 Å². The van der Waals surface area contributed by atoms with E-state index >= 15 is 0 Å². The Bertz CT molecular complexity index is 437. The zero-order valence-corrected chi connectivity index (χ0v) is 9.13. The molecule has 0 radical (unpaired) electrons. The molecule has 1 aromatic carbocycles. The number of nitrogens with zero attached hydrogens (tertiary/aromatic N) is 1. The summed E-state index contributed by atoms with van der Waals surface area (Å²) in [5.74, 6) is 0. The molecule has 3 rings (SSSR count). The van der Waals surface area contributed by atoms with E-state index in [1.54, 1.807) is 11.8 Å². The van der Waals surface area contributed by atoms with Crippen molar-refractivity contribution in [3.8, 4) is 0 Å². The third-order valence-electron chi connectivity index (χ3n) is 2.67. The summed E-state index contributed by atoms with van der Waals surface area (Å²) in [4.78, 5) is 2.27. The maximum absolute atomic E-state index is 3.45. The molecule has 0 aromatic heterocycles. The van der Waals surface area contributed by atoms with Crippen LogP contribution in [0.5, 0.6) is 0 Å². The molecule has 2 aliphatic rings. The topological polar surface area (TPSA) is 15.3 Å². The Balaban J connectivity index is 2.11. The number of nitrogens with one attached hydrogen (secondary N) is 1. The average molecular weight is 216 g/mol. The van der Waals surface area contributed by atoms with Gasteiger partial charge in [-0.1, -0.05) is 18.2 Å². The highest BCUT2D eigenvalue weighted by Gasteiger charge is 2.17. The lowest BCUT2D eigenvalue weighted by atomic mass is 10.1. The summed E-state index contributed by atoms with van der Waals surface area (Å²) in [7, 11) is 0. The maximum Gasteiger partial charge on any atom is 0.0498 e. The molecule has 0 aliphatic carbocycles. The molecule has 0 amide bonds. The summed E-state index contributed by atoms with van der Waals surface area (Å²) in [5, 5.41) is 7.77. The Morgan fingerprint density at radius 2 is 2.13 bits per heavy atom. The summed E-state index contributed by atoms with van der Waals surface area (Å²) < 4.78 is 0. The van der Waals surface area contributed by atoms with Crippen molar-refractivity contribution < 1.29 is 0 Å². The number of fused-ring (bicyclic) bond motifs is 3. The quantitative estimate of drug-likeness (QED) is 0.717. The first kappa shape index (κ1) is 9.07. The molecule has 15 heavy (non-hydrogen) atoms. The van der Waals surface area contributed by atoms with Gasteiger partial charge in [-0.25, -0.2) is 0 Å². The third-order valence-corrected chi connectivity index (χ3v) is 3.36. The fourth-order valence-corrected chi connectivity index (χ4v) is 2.57. The van der Waals surface area contributed by atoms with E-state index in [0.717, 1.165) is 13.1 Å². The van der Waals surface area contributed by atoms with E-state index in [-0.39, 0.29) is 0 Å². The molecule has 3 heteroatoms. The summed E-state index contributed by atoms with van der Waals surface area (Å²) in [6.45, 7) is 1.88. The number of thioether (sulfide) groups is 1. The molecule has 76 valence electrons. The molecule has 0 saturated heterocycles. The van der Waals surface area contributed by atoms with Crippen molar-refractivity contribution in [3.63, 3.8) is 0 Å². The first-order valence-electron chi connectivity index (χ1n) is 5.04. The van der Waals surface area contributed by atoms with Gasteiger partial charge in [0.15, 0.2) is 0 Å². The summed E-state index contributed by atoms with van der Waals surface area (Å²) in [5.41, 5.74) is 3.98. The Hall–Kier alpha value is -1.19. The molecule has 2 heterocycles. The summed E-state index contributed by atoms with van der Waals surface area (Å²) >= 11 is 1.74. The van der Waals surface area contributed by atoms with Gasteiger partial charge in [-0.05, 0) is 22.4 Å². The molecule has 0 unspecified atom stereocenters. The highest BCUT2D eigenvalue weighted by atomic mass is 32.2. The molecular weight excluding hydrogens is 204 g/mol. The van der Waals surface area contributed by atoms with Gasteiger partial charge in [-0.15, -0.1) is 11.8 Å². The second-order valence-electron chi connectivity index (χ2n) is 3.63. The second-order valence-corrected chi connectivity index (χ2v) is 4.41. The minimum Gasteiger partial charge on any atom is -0.318 e. The van der Waals surface area contributed by atoms with Crippen LogP contribution in [0.2, 0.25) is 0 Å². The van der Waals surface area contributed by atoms with Crippen LogP contribution in [0.1, 0.15) is 5.56 Å². The van der Waals surface area contributed by atoms with Crippen LogP contribution in [0, 0.1) is 0 Å². The summed E-state index contributed by atoms with van der Waals surface area (Å²) in [6.07, 6.45) is 2.14. The standard InChI is InChI=1S/C12H12N2S/c1-2-4-12-10(3-1)7-13-8-11-9-15-6-5-14(11)12/h1-6,9,13H,7-8H2. The van der Waals surface area contributed by atoms with Gasteiger partial charge in [0.25, 0.3) is 0 Å². The zero-order valence-electron chi connectivity index (χ0n) is 8.31. The van der Waals surface area contributed by atoms with Gasteiger partial charge in [0, 0.05) is 30.7 Å². The van der Waals surface area contributed by atoms with Crippen LogP contribution in [0.25, 0.3) is 0 Å². The maximum atomic E-state index is 3.45. The van der Waals surface area contributed by atoms with E-state index in [9.17, 15) is 0 Å². The van der Waals surface area contributed by atoms with Crippen molar-refractivity contribution in [3.05, 3.63) is 52.5 Å². The van der Waals surface area contributed by atoms with Crippen molar-refractivity contribution in [1.82, 2.24) is 5.32 Å². The van der Waals surface area contributed by atoms with E-state index in [4.69, 9.17) is 0 Å². The number of hydrogen-bond donors (Lipinski definition) is 1. The lowest BCUT2D eigenvalue weighted by Crippen LogP contribution is -2.22. The molecule has 0 atom stereocenters. The van der Waals surface area contributed by atoms with Crippen LogP contribution in [0.15, 0.2) is 47.0 Å². The fourth-order valence-electron chi connectivity index (χ4n) is 1.95. The van der Waals surface area contributed by atoms with Gasteiger partial charge < -0.3 is 10.2 Å². The van der Waals surface area contributed by atoms with E-state index in [0.29, 0.717) is 0 Å². The van der Waals surface area contributed by atoms with Gasteiger partial charge in [0.05, 0.1) is 0 Å². The van der Waals surface area contributed by atoms with Crippen molar-refractivity contribution in [2.75, 3.05) is 11.4 Å². The molecular formula is C12H12N2S. The average Bonchev–Trinajstić information content (AvgIpc) is 2.48.